The van der Waals surface area contributed by atoms with Gasteiger partial charge in [0.25, 0.3) is 0 Å². The first-order chi connectivity index (χ1) is 12.2. The SMILES string of the molecule is CCC=O.O=C(O)c1cc(COc2ccccc2C(F)(F)F)ccc1[AsH2]. The van der Waals surface area contributed by atoms with Crippen molar-refractivity contribution in [2.75, 3.05) is 0 Å². The Hall–Kier alpha value is -2.27. The van der Waals surface area contributed by atoms with Crippen LogP contribution in [-0.2, 0) is 17.6 Å². The minimum atomic E-state index is -4.50. The maximum absolute atomic E-state index is 12.8. The van der Waals surface area contributed by atoms with Crippen molar-refractivity contribution < 1.29 is 32.6 Å². The van der Waals surface area contributed by atoms with E-state index in [1.807, 2.05) is 6.92 Å². The Labute approximate surface area is 157 Å². The van der Waals surface area contributed by atoms with Gasteiger partial charge < -0.3 is 4.79 Å². The van der Waals surface area contributed by atoms with Crippen LogP contribution in [0, 0.1) is 0 Å². The summed E-state index contributed by atoms with van der Waals surface area (Å²) in [6.45, 7) is 1.67. The molecule has 0 aliphatic rings. The van der Waals surface area contributed by atoms with E-state index in [1.165, 1.54) is 24.3 Å². The first kappa shape index (κ1) is 21.8. The van der Waals surface area contributed by atoms with Crippen molar-refractivity contribution in [1.82, 2.24) is 0 Å². The van der Waals surface area contributed by atoms with Gasteiger partial charge in [0, 0.05) is 6.42 Å². The van der Waals surface area contributed by atoms with Gasteiger partial charge in [-0.05, 0) is 0 Å². The maximum atomic E-state index is 12.8. The Kier molecular flexibility index (Phi) is 8.39. The van der Waals surface area contributed by atoms with Crippen LogP contribution in [0.2, 0.25) is 0 Å². The first-order valence-electron chi connectivity index (χ1n) is 7.55. The molecule has 4 nitrogen and oxygen atoms in total. The molecule has 0 aliphatic carbocycles. The molecule has 0 bridgehead atoms. The minimum absolute atomic E-state index is 0.130. The van der Waals surface area contributed by atoms with Gasteiger partial charge in [0.2, 0.25) is 0 Å². The summed E-state index contributed by atoms with van der Waals surface area (Å²) < 4.78 is 44.4. The summed E-state index contributed by atoms with van der Waals surface area (Å²) in [6, 6.07) is 9.58. The number of carbonyl (C=O) groups excluding carboxylic acids is 1. The van der Waals surface area contributed by atoms with Crippen molar-refractivity contribution in [3.05, 3.63) is 59.2 Å². The number of ether oxygens (including phenoxy) is 1. The van der Waals surface area contributed by atoms with E-state index >= 15 is 0 Å². The molecule has 0 aliphatic heterocycles. The van der Waals surface area contributed by atoms with Crippen molar-refractivity contribution >= 4 is 33.5 Å². The molecule has 8 heteroatoms. The normalized spacial score (nSPS) is 10.5. The van der Waals surface area contributed by atoms with Crippen LogP contribution >= 0.6 is 0 Å². The standard InChI is InChI=1S/C15H12AsF3O3.C3H6O/c16-12-6-5-9(7-10(12)14(20)21)8-22-13-4-2-1-3-11(13)15(17,18)19;1-2-3-4/h1-7H,8,16H2,(H,20,21);3H,2H2,1H3. The average molecular weight is 430 g/mol. The van der Waals surface area contributed by atoms with E-state index in [1.54, 1.807) is 12.1 Å². The predicted molar refractivity (Wildman–Crippen MR) is 93.7 cm³/mol. The Balaban J connectivity index is 0.000000765. The van der Waals surface area contributed by atoms with Crippen LogP contribution in [0.15, 0.2) is 42.5 Å². The number of alkyl halides is 3. The number of halogens is 3. The van der Waals surface area contributed by atoms with Crippen molar-refractivity contribution in [2.24, 2.45) is 0 Å². The monoisotopic (exact) mass is 430 g/mol. The Bertz CT molecular complexity index is 760. The molecule has 0 amide bonds. The topological polar surface area (TPSA) is 63.6 Å². The Morgan fingerprint density at radius 1 is 1.23 bits per heavy atom. The van der Waals surface area contributed by atoms with E-state index in [-0.39, 0.29) is 17.9 Å². The molecule has 0 spiro atoms. The number of aromatic carboxylic acids is 1. The zero-order chi connectivity index (χ0) is 19.7. The second kappa shape index (κ2) is 10.0. The predicted octanol–water partition coefficient (Wildman–Crippen LogP) is 2.84. The summed E-state index contributed by atoms with van der Waals surface area (Å²) in [6.07, 6.45) is -2.99. The summed E-state index contributed by atoms with van der Waals surface area (Å²) in [5, 5.41) is 9.05. The number of carbonyl (C=O) groups is 2. The summed E-state index contributed by atoms with van der Waals surface area (Å²) in [5.74, 6) is -1.35. The van der Waals surface area contributed by atoms with Crippen LogP contribution in [0.1, 0.15) is 34.8 Å². The van der Waals surface area contributed by atoms with Gasteiger partial charge in [-0.1, -0.05) is 6.92 Å². The molecular weight excluding hydrogens is 412 g/mol. The van der Waals surface area contributed by atoms with Crippen LogP contribution in [-0.4, -0.2) is 34.2 Å². The van der Waals surface area contributed by atoms with Crippen LogP contribution in [0.25, 0.3) is 0 Å². The zero-order valence-corrected chi connectivity index (χ0v) is 16.3. The van der Waals surface area contributed by atoms with Gasteiger partial charge in [-0.25, -0.2) is 0 Å². The molecule has 140 valence electrons. The molecule has 26 heavy (non-hydrogen) atoms. The molecule has 2 rings (SSSR count). The van der Waals surface area contributed by atoms with Gasteiger partial charge in [0.05, 0.1) is 0 Å². The van der Waals surface area contributed by atoms with Gasteiger partial charge in [0.15, 0.2) is 0 Å². The third kappa shape index (κ3) is 6.56. The van der Waals surface area contributed by atoms with E-state index < -0.39 is 17.7 Å². The fraction of sp³-hybridized carbons (Fsp3) is 0.222. The van der Waals surface area contributed by atoms with Crippen LogP contribution in [0.3, 0.4) is 0 Å². The molecule has 0 radical (unpaired) electrons. The van der Waals surface area contributed by atoms with Crippen molar-refractivity contribution in [2.45, 2.75) is 26.1 Å². The van der Waals surface area contributed by atoms with Gasteiger partial charge in [-0.3, -0.25) is 0 Å². The molecule has 0 saturated heterocycles. The number of carboxylic acids is 1. The van der Waals surface area contributed by atoms with Crippen molar-refractivity contribution in [3.63, 3.8) is 0 Å². The molecule has 1 N–H and O–H groups in total. The van der Waals surface area contributed by atoms with Crippen LogP contribution in [0.4, 0.5) is 13.2 Å². The quantitative estimate of drug-likeness (QED) is 0.586. The van der Waals surface area contributed by atoms with Crippen LogP contribution in [0.5, 0.6) is 5.75 Å². The summed E-state index contributed by atoms with van der Waals surface area (Å²) in [5.41, 5.74) is -0.232. The molecule has 0 heterocycles. The van der Waals surface area contributed by atoms with Crippen LogP contribution < -0.4 is 9.09 Å². The summed E-state index contributed by atoms with van der Waals surface area (Å²) in [4.78, 5) is 20.2. The first-order valence-corrected chi connectivity index (χ1v) is 8.76. The second-order valence-electron chi connectivity index (χ2n) is 5.08. The van der Waals surface area contributed by atoms with Gasteiger partial charge in [-0.15, -0.1) is 0 Å². The summed E-state index contributed by atoms with van der Waals surface area (Å²) >= 11 is 1.16. The third-order valence-electron chi connectivity index (χ3n) is 3.10. The van der Waals surface area contributed by atoms with Gasteiger partial charge in [-0.2, -0.15) is 0 Å². The second-order valence-corrected chi connectivity index (χ2v) is 6.39. The summed E-state index contributed by atoms with van der Waals surface area (Å²) in [7, 11) is 0. The van der Waals surface area contributed by atoms with E-state index in [9.17, 15) is 22.8 Å². The third-order valence-corrected chi connectivity index (χ3v) is 4.16. The molecule has 2 aromatic rings. The molecule has 0 fully saturated rings. The fourth-order valence-corrected chi connectivity index (χ4v) is 2.50. The average Bonchev–Trinajstić information content (AvgIpc) is 2.60. The number of aldehydes is 1. The van der Waals surface area contributed by atoms with E-state index in [4.69, 9.17) is 9.84 Å². The number of benzene rings is 2. The Morgan fingerprint density at radius 2 is 1.85 bits per heavy atom. The fourth-order valence-electron chi connectivity index (χ4n) is 1.87. The van der Waals surface area contributed by atoms with E-state index in [2.05, 4.69) is 0 Å². The molecule has 1 unspecified atom stereocenters. The molecule has 2 aromatic carbocycles. The van der Waals surface area contributed by atoms with Crippen molar-refractivity contribution in [3.8, 4) is 5.75 Å². The molecule has 0 aromatic heterocycles. The molecule has 1 atom stereocenters. The van der Waals surface area contributed by atoms with Crippen molar-refractivity contribution in [1.29, 1.82) is 0 Å². The van der Waals surface area contributed by atoms with Gasteiger partial charge >= 0.3 is 133 Å². The number of hydrogen-bond donors (Lipinski definition) is 1. The number of carboxylic acid groups (broad SMARTS) is 1. The molecule has 0 saturated carbocycles. The Morgan fingerprint density at radius 3 is 2.38 bits per heavy atom. The van der Waals surface area contributed by atoms with E-state index in [0.29, 0.717) is 16.3 Å². The number of para-hydroxylation sites is 1. The zero-order valence-electron chi connectivity index (χ0n) is 13.9. The van der Waals surface area contributed by atoms with Gasteiger partial charge in [0.1, 0.15) is 6.29 Å². The molecular formula is C18H18AsF3O4. The number of hydrogen-bond acceptors (Lipinski definition) is 3. The van der Waals surface area contributed by atoms with E-state index in [0.717, 1.165) is 29.2 Å². The number of rotatable bonds is 5.